The van der Waals surface area contributed by atoms with E-state index in [1.807, 2.05) is 13.8 Å². The maximum atomic E-state index is 11.4. The largest absolute Gasteiger partial charge is 0.478 e. The van der Waals surface area contributed by atoms with Crippen LogP contribution >= 0.6 is 11.8 Å². The van der Waals surface area contributed by atoms with Crippen molar-refractivity contribution in [3.05, 3.63) is 17.1 Å². The Labute approximate surface area is 128 Å². The molecule has 1 aromatic rings. The predicted molar refractivity (Wildman–Crippen MR) is 81.8 cm³/mol. The van der Waals surface area contributed by atoms with Gasteiger partial charge in [-0.1, -0.05) is 13.8 Å². The molecule has 0 saturated carbocycles. The molecular weight excluding hydrogens is 290 g/mol. The van der Waals surface area contributed by atoms with Crippen molar-refractivity contribution < 1.29 is 14.7 Å². The smallest absolute Gasteiger partial charge is 0.340 e. The number of nitrogens with one attached hydrogen (secondary N) is 1. The van der Waals surface area contributed by atoms with Crippen LogP contribution in [0.5, 0.6) is 0 Å². The van der Waals surface area contributed by atoms with Gasteiger partial charge in [0.2, 0.25) is 5.91 Å². The molecule has 0 unspecified atom stereocenters. The summed E-state index contributed by atoms with van der Waals surface area (Å²) in [5.74, 6) is 0.386. The fourth-order valence-corrected chi connectivity index (χ4v) is 2.72. The maximum Gasteiger partial charge on any atom is 0.340 e. The summed E-state index contributed by atoms with van der Waals surface area (Å²) >= 11 is 1.36. The Kier molecular flexibility index (Phi) is 6.61. The third-order valence-corrected chi connectivity index (χ3v) is 3.93. The monoisotopic (exact) mass is 311 g/mol. The van der Waals surface area contributed by atoms with Gasteiger partial charge in [0.05, 0.1) is 5.69 Å². The number of nitrogens with zero attached hydrogens (tertiary/aromatic N) is 2. The molecule has 21 heavy (non-hydrogen) atoms. The number of thioether (sulfide) groups is 1. The first-order chi connectivity index (χ1) is 9.86. The van der Waals surface area contributed by atoms with Gasteiger partial charge < -0.3 is 10.4 Å². The summed E-state index contributed by atoms with van der Waals surface area (Å²) in [5, 5.41) is 12.3. The second kappa shape index (κ2) is 7.97. The quantitative estimate of drug-likeness (QED) is 0.456. The lowest BCUT2D eigenvalue weighted by molar-refractivity contribution is -0.120. The van der Waals surface area contributed by atoms with Crippen molar-refractivity contribution in [1.29, 1.82) is 0 Å². The Morgan fingerprint density at radius 1 is 1.33 bits per heavy atom. The highest BCUT2D eigenvalue weighted by molar-refractivity contribution is 7.99. The molecule has 0 radical (unpaired) electrons. The Morgan fingerprint density at radius 3 is 2.52 bits per heavy atom. The van der Waals surface area contributed by atoms with Crippen LogP contribution < -0.4 is 5.32 Å². The highest BCUT2D eigenvalue weighted by Crippen LogP contribution is 2.25. The van der Waals surface area contributed by atoms with Crippen LogP contribution in [-0.4, -0.2) is 39.8 Å². The van der Waals surface area contributed by atoms with Crippen LogP contribution in [0.4, 0.5) is 0 Å². The van der Waals surface area contributed by atoms with Gasteiger partial charge in [0.15, 0.2) is 0 Å². The SMILES string of the molecule is CNC(=O)CCCSc1nc(C(C)C)nc(C)c1C(=O)O. The molecule has 0 bridgehead atoms. The Balaban J connectivity index is 2.87. The third-order valence-electron chi connectivity index (χ3n) is 2.87. The zero-order valence-corrected chi connectivity index (χ0v) is 13.6. The molecule has 0 saturated heterocycles. The zero-order valence-electron chi connectivity index (χ0n) is 12.8. The number of aromatic carboxylic acids is 1. The Hall–Kier alpha value is -1.63. The molecule has 0 spiro atoms. The van der Waals surface area contributed by atoms with E-state index in [0.717, 1.165) is 0 Å². The summed E-state index contributed by atoms with van der Waals surface area (Å²) in [7, 11) is 1.60. The minimum atomic E-state index is -1.02. The number of carbonyl (C=O) groups is 2. The van der Waals surface area contributed by atoms with Gasteiger partial charge in [0.25, 0.3) is 0 Å². The number of rotatable bonds is 7. The summed E-state index contributed by atoms with van der Waals surface area (Å²) in [6.45, 7) is 5.62. The topological polar surface area (TPSA) is 92.2 Å². The van der Waals surface area contributed by atoms with E-state index >= 15 is 0 Å². The summed E-state index contributed by atoms with van der Waals surface area (Å²) in [5.41, 5.74) is 0.638. The third kappa shape index (κ3) is 5.00. The molecule has 0 aliphatic heterocycles. The second-order valence-electron chi connectivity index (χ2n) is 4.93. The molecule has 1 heterocycles. The summed E-state index contributed by atoms with van der Waals surface area (Å²) in [6, 6.07) is 0. The molecule has 7 heteroatoms. The molecule has 2 N–H and O–H groups in total. The van der Waals surface area contributed by atoms with Crippen LogP contribution in [0.25, 0.3) is 0 Å². The minimum absolute atomic E-state index is 0.0178. The molecule has 0 aliphatic rings. The highest BCUT2D eigenvalue weighted by Gasteiger charge is 2.19. The van der Waals surface area contributed by atoms with Gasteiger partial charge in [-0.15, -0.1) is 11.8 Å². The average Bonchev–Trinajstić information content (AvgIpc) is 2.41. The zero-order chi connectivity index (χ0) is 16.0. The van der Waals surface area contributed by atoms with Gasteiger partial charge in [-0.3, -0.25) is 4.79 Å². The average molecular weight is 311 g/mol. The van der Waals surface area contributed by atoms with Crippen LogP contribution in [0.15, 0.2) is 5.03 Å². The number of hydrogen-bond donors (Lipinski definition) is 2. The molecule has 0 atom stereocenters. The predicted octanol–water partition coefficient (Wildman–Crippen LogP) is 2.22. The van der Waals surface area contributed by atoms with E-state index in [1.165, 1.54) is 11.8 Å². The highest BCUT2D eigenvalue weighted by atomic mass is 32.2. The molecule has 0 aromatic carbocycles. The van der Waals surface area contributed by atoms with Crippen LogP contribution in [0.3, 0.4) is 0 Å². The second-order valence-corrected chi connectivity index (χ2v) is 6.02. The first-order valence-electron chi connectivity index (χ1n) is 6.82. The van der Waals surface area contributed by atoms with Crippen molar-refractivity contribution in [2.45, 2.75) is 44.6 Å². The van der Waals surface area contributed by atoms with Crippen molar-refractivity contribution in [2.75, 3.05) is 12.8 Å². The fraction of sp³-hybridized carbons (Fsp3) is 0.571. The van der Waals surface area contributed by atoms with E-state index in [1.54, 1.807) is 14.0 Å². The van der Waals surface area contributed by atoms with Crippen molar-refractivity contribution in [3.8, 4) is 0 Å². The summed E-state index contributed by atoms with van der Waals surface area (Å²) < 4.78 is 0. The molecule has 1 aromatic heterocycles. The van der Waals surface area contributed by atoms with Crippen LogP contribution in [0, 0.1) is 6.92 Å². The van der Waals surface area contributed by atoms with E-state index in [0.29, 0.717) is 35.1 Å². The fourth-order valence-electron chi connectivity index (χ4n) is 1.70. The molecule has 1 amide bonds. The number of aromatic nitrogens is 2. The van der Waals surface area contributed by atoms with Gasteiger partial charge in [-0.05, 0) is 13.3 Å². The minimum Gasteiger partial charge on any atom is -0.478 e. The van der Waals surface area contributed by atoms with E-state index < -0.39 is 5.97 Å². The molecule has 6 nitrogen and oxygen atoms in total. The molecule has 116 valence electrons. The number of carbonyl (C=O) groups excluding carboxylic acids is 1. The number of hydrogen-bond acceptors (Lipinski definition) is 5. The van der Waals surface area contributed by atoms with Gasteiger partial charge in [0, 0.05) is 25.1 Å². The Bertz CT molecular complexity index is 532. The first kappa shape index (κ1) is 17.4. The number of carboxylic acids is 1. The van der Waals surface area contributed by atoms with Crippen molar-refractivity contribution in [3.63, 3.8) is 0 Å². The van der Waals surface area contributed by atoms with Crippen molar-refractivity contribution in [1.82, 2.24) is 15.3 Å². The lowest BCUT2D eigenvalue weighted by Crippen LogP contribution is -2.17. The lowest BCUT2D eigenvalue weighted by atomic mass is 10.2. The van der Waals surface area contributed by atoms with Gasteiger partial charge in [-0.2, -0.15) is 0 Å². The van der Waals surface area contributed by atoms with E-state index in [-0.39, 0.29) is 17.4 Å². The normalized spacial score (nSPS) is 10.7. The number of carboxylic acid groups (broad SMARTS) is 1. The van der Waals surface area contributed by atoms with Crippen LogP contribution in [0.1, 0.15) is 54.5 Å². The van der Waals surface area contributed by atoms with Crippen LogP contribution in [-0.2, 0) is 4.79 Å². The van der Waals surface area contributed by atoms with Gasteiger partial charge >= 0.3 is 5.97 Å². The van der Waals surface area contributed by atoms with E-state index in [4.69, 9.17) is 0 Å². The first-order valence-corrected chi connectivity index (χ1v) is 7.80. The van der Waals surface area contributed by atoms with Crippen molar-refractivity contribution in [2.24, 2.45) is 0 Å². The standard InChI is InChI=1S/C14H21N3O3S/c1-8(2)12-16-9(3)11(14(19)20)13(17-12)21-7-5-6-10(18)15-4/h8H,5-7H2,1-4H3,(H,15,18)(H,19,20). The lowest BCUT2D eigenvalue weighted by Gasteiger charge is -2.11. The summed E-state index contributed by atoms with van der Waals surface area (Å²) in [6.07, 6.45) is 1.09. The molecule has 0 fully saturated rings. The van der Waals surface area contributed by atoms with Gasteiger partial charge in [-0.25, -0.2) is 14.8 Å². The summed E-state index contributed by atoms with van der Waals surface area (Å²) in [4.78, 5) is 31.1. The van der Waals surface area contributed by atoms with Gasteiger partial charge in [0.1, 0.15) is 16.4 Å². The Morgan fingerprint density at radius 2 is 2.00 bits per heavy atom. The van der Waals surface area contributed by atoms with Crippen molar-refractivity contribution >= 4 is 23.6 Å². The number of aryl methyl sites for hydroxylation is 1. The molecule has 1 rings (SSSR count). The maximum absolute atomic E-state index is 11.4. The number of amides is 1. The molecular formula is C14H21N3O3S. The van der Waals surface area contributed by atoms with Crippen LogP contribution in [0.2, 0.25) is 0 Å². The van der Waals surface area contributed by atoms with E-state index in [9.17, 15) is 14.7 Å². The van der Waals surface area contributed by atoms with E-state index in [2.05, 4.69) is 15.3 Å². The molecule has 0 aliphatic carbocycles.